The topological polar surface area (TPSA) is 85.4 Å². The van der Waals surface area contributed by atoms with Gasteiger partial charge in [0, 0.05) is 15.8 Å². The molecule has 11 heteroatoms. The summed E-state index contributed by atoms with van der Waals surface area (Å²) in [5, 5.41) is 5.98. The van der Waals surface area contributed by atoms with E-state index in [4.69, 9.17) is 4.74 Å². The van der Waals surface area contributed by atoms with Gasteiger partial charge in [-0.1, -0.05) is 12.1 Å². The lowest BCUT2D eigenvalue weighted by molar-refractivity contribution is -0.0892. The molecule has 1 amide bonds. The fourth-order valence-electron chi connectivity index (χ4n) is 3.07. The van der Waals surface area contributed by atoms with Crippen LogP contribution in [0.3, 0.4) is 0 Å². The Balaban J connectivity index is 1.66. The van der Waals surface area contributed by atoms with Crippen molar-refractivity contribution in [3.05, 3.63) is 69.1 Å². The Morgan fingerprint density at radius 2 is 1.94 bits per heavy atom. The monoisotopic (exact) mass is 600 g/mol. The molecule has 0 saturated heterocycles. The Bertz CT molecular complexity index is 1120. The number of ether oxygens (including phenoxy) is 2. The van der Waals surface area contributed by atoms with Crippen LogP contribution in [-0.2, 0) is 6.42 Å². The van der Waals surface area contributed by atoms with Crippen LogP contribution in [0.2, 0.25) is 0 Å². The molecule has 7 nitrogen and oxygen atoms in total. The zero-order valence-electron chi connectivity index (χ0n) is 18.6. The maximum Gasteiger partial charge on any atom is 0.408 e. The molecule has 1 atom stereocenters. The predicted molar refractivity (Wildman–Crippen MR) is 138 cm³/mol. The van der Waals surface area contributed by atoms with Gasteiger partial charge in [-0.3, -0.25) is 4.79 Å². The molecule has 1 unspecified atom stereocenters. The largest absolute Gasteiger partial charge is 0.476 e. The van der Waals surface area contributed by atoms with Gasteiger partial charge in [0.15, 0.2) is 5.69 Å². The molecule has 0 aliphatic rings. The number of hydrogen-bond donors (Lipinski definition) is 2. The second-order valence-electron chi connectivity index (χ2n) is 7.30. The number of carbonyl (C=O) groups excluding carboxylic acids is 1. The zero-order chi connectivity index (χ0) is 24.7. The lowest BCUT2D eigenvalue weighted by Gasteiger charge is -2.13. The van der Waals surface area contributed by atoms with E-state index in [-0.39, 0.29) is 17.3 Å². The third kappa shape index (κ3) is 8.02. The van der Waals surface area contributed by atoms with Gasteiger partial charge in [-0.15, -0.1) is 0 Å². The number of halogens is 3. The second-order valence-corrected chi connectivity index (χ2v) is 9.22. The van der Waals surface area contributed by atoms with Crippen molar-refractivity contribution < 1.29 is 23.0 Å². The summed E-state index contributed by atoms with van der Waals surface area (Å²) >= 11 is 2.23. The van der Waals surface area contributed by atoms with E-state index in [0.717, 1.165) is 20.4 Å². The summed E-state index contributed by atoms with van der Waals surface area (Å²) in [5.74, 6) is -3.14. The molecule has 0 fully saturated rings. The van der Waals surface area contributed by atoms with Gasteiger partial charge < -0.3 is 20.1 Å². The number of nitrogens with one attached hydrogen (secondary N) is 2. The minimum Gasteiger partial charge on any atom is -0.476 e. The van der Waals surface area contributed by atoms with E-state index < -0.39 is 11.8 Å². The average molecular weight is 600 g/mol. The molecule has 0 bridgehead atoms. The first-order valence-electron chi connectivity index (χ1n) is 10.4. The van der Waals surface area contributed by atoms with Gasteiger partial charge in [-0.2, -0.15) is 8.78 Å². The first kappa shape index (κ1) is 26.0. The van der Waals surface area contributed by atoms with Crippen molar-refractivity contribution in [3.8, 4) is 11.6 Å². The maximum absolute atomic E-state index is 12.9. The van der Waals surface area contributed by atoms with Gasteiger partial charge >= 0.3 is 5.85 Å². The highest BCUT2D eigenvalue weighted by molar-refractivity contribution is 14.1. The van der Waals surface area contributed by atoms with Crippen molar-refractivity contribution in [2.45, 2.75) is 26.1 Å². The van der Waals surface area contributed by atoms with Crippen LogP contribution < -0.4 is 20.1 Å². The Morgan fingerprint density at radius 3 is 2.59 bits per heavy atom. The molecule has 2 N–H and O–H groups in total. The van der Waals surface area contributed by atoms with Crippen molar-refractivity contribution in [1.82, 2.24) is 15.3 Å². The first-order valence-corrected chi connectivity index (χ1v) is 12.1. The van der Waals surface area contributed by atoms with Crippen LogP contribution >= 0.6 is 31.8 Å². The number of anilines is 2. The molecule has 1 heterocycles. The first-order chi connectivity index (χ1) is 16.1. The molecular formula is C23H24F2IN4O3P. The van der Waals surface area contributed by atoms with Crippen molar-refractivity contribution in [1.29, 1.82) is 0 Å². The Hall–Kier alpha value is -2.59. The molecule has 0 aliphatic carbocycles. The van der Waals surface area contributed by atoms with Crippen LogP contribution in [0.4, 0.5) is 20.3 Å². The molecule has 0 aliphatic heterocycles. The SMILES string of the molecule is CCOc1ncc(Nc2cc(C)cc(I)c2)nc1C(=O)NCCc1ccc(OC(F)(F)P)cc1. The van der Waals surface area contributed by atoms with E-state index >= 15 is 0 Å². The van der Waals surface area contributed by atoms with Crippen LogP contribution in [0.1, 0.15) is 28.5 Å². The summed E-state index contributed by atoms with van der Waals surface area (Å²) in [6.07, 6.45) is 2.00. The molecule has 0 radical (unpaired) electrons. The number of aryl methyl sites for hydroxylation is 1. The fourth-order valence-corrected chi connectivity index (χ4v) is 4.03. The van der Waals surface area contributed by atoms with Crippen molar-refractivity contribution in [2.24, 2.45) is 0 Å². The summed E-state index contributed by atoms with van der Waals surface area (Å²) in [6, 6.07) is 12.2. The van der Waals surface area contributed by atoms with Gasteiger partial charge in [-0.05, 0) is 93.6 Å². The number of carbonyl (C=O) groups is 1. The molecular weight excluding hydrogens is 576 g/mol. The molecule has 2 aromatic carbocycles. The number of nitrogens with zero attached hydrogens (tertiary/aromatic N) is 2. The molecule has 1 aromatic heterocycles. The lowest BCUT2D eigenvalue weighted by atomic mass is 10.1. The number of benzene rings is 2. The van der Waals surface area contributed by atoms with E-state index in [0.29, 0.717) is 25.4 Å². The van der Waals surface area contributed by atoms with E-state index in [9.17, 15) is 13.6 Å². The molecule has 34 heavy (non-hydrogen) atoms. The molecule has 0 saturated carbocycles. The van der Waals surface area contributed by atoms with E-state index in [1.54, 1.807) is 19.1 Å². The van der Waals surface area contributed by atoms with Crippen LogP contribution in [0.15, 0.2) is 48.7 Å². The maximum atomic E-state index is 12.9. The standard InChI is InChI=1S/C23H24F2IN4O3P/c1-3-32-22-20(30-19(13-28-22)29-17-11-14(2)10-16(26)12-17)21(31)27-9-8-15-4-6-18(7-5-15)33-23(24,25)34/h4-7,10-13H,3,8-9,34H2,1-2H3,(H,27,31)(H,29,30). The van der Waals surface area contributed by atoms with Crippen LogP contribution in [-0.4, -0.2) is 34.9 Å². The molecule has 0 spiro atoms. The summed E-state index contributed by atoms with van der Waals surface area (Å²) in [6.45, 7) is 4.43. The summed E-state index contributed by atoms with van der Waals surface area (Å²) < 4.78 is 36.8. The van der Waals surface area contributed by atoms with Crippen molar-refractivity contribution in [3.63, 3.8) is 0 Å². The van der Waals surface area contributed by atoms with Crippen LogP contribution in [0.25, 0.3) is 0 Å². The smallest absolute Gasteiger partial charge is 0.408 e. The van der Waals surface area contributed by atoms with Gasteiger partial charge in [0.25, 0.3) is 5.91 Å². The van der Waals surface area contributed by atoms with Crippen molar-refractivity contribution in [2.75, 3.05) is 18.5 Å². The number of amides is 1. The summed E-state index contributed by atoms with van der Waals surface area (Å²) in [4.78, 5) is 21.5. The highest BCUT2D eigenvalue weighted by Gasteiger charge is 2.23. The second kappa shape index (κ2) is 11.7. The average Bonchev–Trinajstić information content (AvgIpc) is 2.74. The van der Waals surface area contributed by atoms with E-state index in [1.807, 2.05) is 25.1 Å². The third-order valence-corrected chi connectivity index (χ3v) is 5.17. The molecule has 180 valence electrons. The zero-order valence-corrected chi connectivity index (χ0v) is 21.9. The van der Waals surface area contributed by atoms with E-state index in [1.165, 1.54) is 27.6 Å². The van der Waals surface area contributed by atoms with Gasteiger partial charge in [0.1, 0.15) is 11.6 Å². The Kier molecular flexibility index (Phi) is 8.96. The Morgan fingerprint density at radius 1 is 1.21 bits per heavy atom. The summed E-state index contributed by atoms with van der Waals surface area (Å²) in [7, 11) is 1.33. The van der Waals surface area contributed by atoms with Gasteiger partial charge in [0.05, 0.1) is 12.8 Å². The van der Waals surface area contributed by atoms with Crippen LogP contribution in [0.5, 0.6) is 11.6 Å². The normalized spacial score (nSPS) is 11.1. The van der Waals surface area contributed by atoms with Crippen molar-refractivity contribution >= 4 is 49.2 Å². The van der Waals surface area contributed by atoms with E-state index in [2.05, 4.69) is 47.9 Å². The third-order valence-electron chi connectivity index (χ3n) is 4.43. The van der Waals surface area contributed by atoms with Gasteiger partial charge in [0.2, 0.25) is 5.88 Å². The number of rotatable bonds is 10. The quantitative estimate of drug-likeness (QED) is 0.243. The molecule has 3 aromatic rings. The highest BCUT2D eigenvalue weighted by Crippen LogP contribution is 2.27. The highest BCUT2D eigenvalue weighted by atomic mass is 127. The predicted octanol–water partition coefficient (Wildman–Crippen LogP) is 5.31. The molecule has 3 rings (SSSR count). The number of hydrogen-bond acceptors (Lipinski definition) is 6. The fraction of sp³-hybridized carbons (Fsp3) is 0.261. The Labute approximate surface area is 212 Å². The number of alkyl halides is 2. The number of aromatic nitrogens is 2. The van der Waals surface area contributed by atoms with Crippen LogP contribution in [0, 0.1) is 10.5 Å². The summed E-state index contributed by atoms with van der Waals surface area (Å²) in [5.41, 5.74) is 2.84. The van der Waals surface area contributed by atoms with Gasteiger partial charge in [-0.25, -0.2) is 9.97 Å². The minimum absolute atomic E-state index is 0.0528. The minimum atomic E-state index is -3.32. The lowest BCUT2D eigenvalue weighted by Crippen LogP contribution is -2.27.